The zero-order valence-corrected chi connectivity index (χ0v) is 16.3. The molecule has 1 aromatic heterocycles. The Morgan fingerprint density at radius 2 is 1.75 bits per heavy atom. The van der Waals surface area contributed by atoms with Gasteiger partial charge < -0.3 is 14.8 Å². The SMILES string of the molecule is CCOc1ccc(C(=O)OCC(=O)N[C@@H](c2ccccc2)c2cccs2)cc1. The van der Waals surface area contributed by atoms with Crippen LogP contribution in [0.1, 0.15) is 33.8 Å². The maximum atomic E-state index is 12.4. The zero-order valence-electron chi connectivity index (χ0n) is 15.5. The Morgan fingerprint density at radius 3 is 2.39 bits per heavy atom. The van der Waals surface area contributed by atoms with Crippen LogP contribution in [0, 0.1) is 0 Å². The molecule has 1 heterocycles. The van der Waals surface area contributed by atoms with Crippen molar-refractivity contribution in [2.24, 2.45) is 0 Å². The van der Waals surface area contributed by atoms with E-state index in [0.29, 0.717) is 17.9 Å². The molecular formula is C22H21NO4S. The minimum Gasteiger partial charge on any atom is -0.494 e. The minimum atomic E-state index is -0.550. The molecule has 0 bridgehead atoms. The van der Waals surface area contributed by atoms with Crippen LogP contribution >= 0.6 is 11.3 Å². The summed E-state index contributed by atoms with van der Waals surface area (Å²) in [5.41, 5.74) is 1.34. The van der Waals surface area contributed by atoms with E-state index in [-0.39, 0.29) is 18.6 Å². The van der Waals surface area contributed by atoms with Crippen molar-refractivity contribution in [3.05, 3.63) is 88.1 Å². The highest BCUT2D eigenvalue weighted by molar-refractivity contribution is 7.10. The number of hydrogen-bond donors (Lipinski definition) is 1. The van der Waals surface area contributed by atoms with Crippen LogP contribution in [0.3, 0.4) is 0 Å². The molecule has 144 valence electrons. The number of benzene rings is 2. The normalized spacial score (nSPS) is 11.5. The fourth-order valence-electron chi connectivity index (χ4n) is 2.69. The molecule has 2 aromatic carbocycles. The van der Waals surface area contributed by atoms with E-state index in [1.54, 1.807) is 35.6 Å². The lowest BCUT2D eigenvalue weighted by molar-refractivity contribution is -0.124. The molecule has 0 aliphatic carbocycles. The van der Waals surface area contributed by atoms with E-state index >= 15 is 0 Å². The van der Waals surface area contributed by atoms with Crippen molar-refractivity contribution in [1.29, 1.82) is 0 Å². The highest BCUT2D eigenvalue weighted by atomic mass is 32.1. The molecule has 0 radical (unpaired) electrons. The molecule has 3 aromatic rings. The lowest BCUT2D eigenvalue weighted by atomic mass is 10.1. The monoisotopic (exact) mass is 395 g/mol. The van der Waals surface area contributed by atoms with Gasteiger partial charge in [-0.15, -0.1) is 11.3 Å². The van der Waals surface area contributed by atoms with Crippen LogP contribution in [-0.2, 0) is 9.53 Å². The Kier molecular flexibility index (Phi) is 6.81. The molecule has 0 aliphatic rings. The van der Waals surface area contributed by atoms with E-state index in [2.05, 4.69) is 5.32 Å². The summed E-state index contributed by atoms with van der Waals surface area (Å²) in [6, 6.07) is 19.9. The summed E-state index contributed by atoms with van der Waals surface area (Å²) in [4.78, 5) is 25.6. The maximum Gasteiger partial charge on any atom is 0.338 e. The number of carbonyl (C=O) groups is 2. The van der Waals surface area contributed by atoms with Crippen LogP contribution in [0.25, 0.3) is 0 Å². The molecule has 6 heteroatoms. The summed E-state index contributed by atoms with van der Waals surface area (Å²) < 4.78 is 10.5. The van der Waals surface area contributed by atoms with E-state index in [0.717, 1.165) is 10.4 Å². The van der Waals surface area contributed by atoms with E-state index in [9.17, 15) is 9.59 Å². The second-order valence-corrected chi connectivity index (χ2v) is 6.94. The highest BCUT2D eigenvalue weighted by Crippen LogP contribution is 2.25. The fraction of sp³-hybridized carbons (Fsp3) is 0.182. The third-order valence-electron chi connectivity index (χ3n) is 4.00. The van der Waals surface area contributed by atoms with Crippen molar-refractivity contribution < 1.29 is 19.1 Å². The Bertz CT molecular complexity index is 892. The van der Waals surface area contributed by atoms with Crippen LogP contribution < -0.4 is 10.1 Å². The second kappa shape index (κ2) is 9.71. The number of hydrogen-bond acceptors (Lipinski definition) is 5. The summed E-state index contributed by atoms with van der Waals surface area (Å²) in [5.74, 6) is -0.231. The quantitative estimate of drug-likeness (QED) is 0.581. The Hall–Kier alpha value is -3.12. The fourth-order valence-corrected chi connectivity index (χ4v) is 3.49. The maximum absolute atomic E-state index is 12.4. The number of nitrogens with one attached hydrogen (secondary N) is 1. The number of carbonyl (C=O) groups excluding carboxylic acids is 2. The molecular weight excluding hydrogens is 374 g/mol. The summed E-state index contributed by atoms with van der Waals surface area (Å²) in [7, 11) is 0. The van der Waals surface area contributed by atoms with Gasteiger partial charge in [-0.25, -0.2) is 4.79 Å². The van der Waals surface area contributed by atoms with Gasteiger partial charge in [0, 0.05) is 4.88 Å². The molecule has 1 atom stereocenters. The van der Waals surface area contributed by atoms with Gasteiger partial charge in [0.1, 0.15) is 5.75 Å². The molecule has 0 saturated heterocycles. The lowest BCUT2D eigenvalue weighted by Gasteiger charge is -2.18. The van der Waals surface area contributed by atoms with Crippen molar-refractivity contribution >= 4 is 23.2 Å². The molecule has 5 nitrogen and oxygen atoms in total. The molecule has 0 aliphatic heterocycles. The van der Waals surface area contributed by atoms with Gasteiger partial charge >= 0.3 is 5.97 Å². The topological polar surface area (TPSA) is 64.6 Å². The highest BCUT2D eigenvalue weighted by Gasteiger charge is 2.19. The van der Waals surface area contributed by atoms with E-state index in [1.807, 2.05) is 54.8 Å². The first-order valence-corrected chi connectivity index (χ1v) is 9.83. The summed E-state index contributed by atoms with van der Waals surface area (Å²) in [6.45, 7) is 2.09. The Morgan fingerprint density at radius 1 is 1.00 bits per heavy atom. The predicted octanol–water partition coefficient (Wildman–Crippen LogP) is 4.21. The summed E-state index contributed by atoms with van der Waals surface area (Å²) in [5, 5.41) is 4.90. The van der Waals surface area contributed by atoms with Gasteiger partial charge in [-0.1, -0.05) is 36.4 Å². The third kappa shape index (κ3) is 5.20. The van der Waals surface area contributed by atoms with E-state index < -0.39 is 5.97 Å². The molecule has 0 saturated carbocycles. The lowest BCUT2D eigenvalue weighted by Crippen LogP contribution is -2.32. The van der Waals surface area contributed by atoms with Crippen molar-refractivity contribution in [2.75, 3.05) is 13.2 Å². The van der Waals surface area contributed by atoms with Crippen LogP contribution in [0.15, 0.2) is 72.1 Å². The molecule has 0 spiro atoms. The van der Waals surface area contributed by atoms with E-state index in [4.69, 9.17) is 9.47 Å². The minimum absolute atomic E-state index is 0.280. The number of thiophene rings is 1. The van der Waals surface area contributed by atoms with Gasteiger partial charge in [0.2, 0.25) is 0 Å². The van der Waals surface area contributed by atoms with Crippen LogP contribution in [0.5, 0.6) is 5.75 Å². The van der Waals surface area contributed by atoms with Crippen molar-refractivity contribution in [2.45, 2.75) is 13.0 Å². The number of esters is 1. The van der Waals surface area contributed by atoms with Crippen LogP contribution in [0.2, 0.25) is 0 Å². The van der Waals surface area contributed by atoms with E-state index in [1.165, 1.54) is 0 Å². The van der Waals surface area contributed by atoms with Crippen LogP contribution in [0.4, 0.5) is 0 Å². The van der Waals surface area contributed by atoms with Crippen molar-refractivity contribution in [3.8, 4) is 5.75 Å². The molecule has 0 unspecified atom stereocenters. The largest absolute Gasteiger partial charge is 0.494 e. The molecule has 1 N–H and O–H groups in total. The number of amides is 1. The molecule has 0 fully saturated rings. The summed E-state index contributed by atoms with van der Waals surface area (Å²) in [6.07, 6.45) is 0. The first kappa shape index (κ1) is 19.6. The average molecular weight is 395 g/mol. The zero-order chi connectivity index (χ0) is 19.8. The number of rotatable bonds is 8. The predicted molar refractivity (Wildman–Crippen MR) is 109 cm³/mol. The first-order chi connectivity index (χ1) is 13.7. The first-order valence-electron chi connectivity index (χ1n) is 8.95. The van der Waals surface area contributed by atoms with Crippen molar-refractivity contribution in [3.63, 3.8) is 0 Å². The Balaban J connectivity index is 1.59. The average Bonchev–Trinajstić information content (AvgIpc) is 3.26. The van der Waals surface area contributed by atoms with Gasteiger partial charge in [0.05, 0.1) is 18.2 Å². The molecule has 1 amide bonds. The summed E-state index contributed by atoms with van der Waals surface area (Å²) >= 11 is 1.56. The Labute approximate surface area is 167 Å². The smallest absolute Gasteiger partial charge is 0.338 e. The van der Waals surface area contributed by atoms with Crippen molar-refractivity contribution in [1.82, 2.24) is 5.32 Å². The third-order valence-corrected chi connectivity index (χ3v) is 4.94. The van der Waals surface area contributed by atoms with Gasteiger partial charge in [-0.2, -0.15) is 0 Å². The molecule has 3 rings (SSSR count). The standard InChI is InChI=1S/C22H21NO4S/c1-2-26-18-12-10-17(11-13-18)22(25)27-15-20(24)23-21(19-9-6-14-28-19)16-7-4-3-5-8-16/h3-14,21H,2,15H2,1H3,(H,23,24)/t21-/m0/s1. The van der Waals surface area contributed by atoms with Crippen LogP contribution in [-0.4, -0.2) is 25.1 Å². The van der Waals surface area contributed by atoms with Gasteiger partial charge in [0.25, 0.3) is 5.91 Å². The second-order valence-electron chi connectivity index (χ2n) is 5.96. The number of ether oxygens (including phenoxy) is 2. The molecule has 28 heavy (non-hydrogen) atoms. The van der Waals surface area contributed by atoms with Gasteiger partial charge in [-0.3, -0.25) is 4.79 Å². The van der Waals surface area contributed by atoms with Gasteiger partial charge in [-0.05, 0) is 48.2 Å². The van der Waals surface area contributed by atoms with Gasteiger partial charge in [0.15, 0.2) is 6.61 Å².